The molecule has 0 unspecified atom stereocenters. The highest BCUT2D eigenvalue weighted by Gasteiger charge is 2.49. The van der Waals surface area contributed by atoms with Gasteiger partial charge in [0.15, 0.2) is 0 Å². The van der Waals surface area contributed by atoms with Gasteiger partial charge in [0, 0.05) is 29.8 Å². The van der Waals surface area contributed by atoms with Crippen molar-refractivity contribution in [2.45, 2.75) is 37.5 Å². The van der Waals surface area contributed by atoms with E-state index in [0.717, 1.165) is 12.0 Å². The molecule has 2 aliphatic rings. The number of carbonyl (C=O) groups is 2. The van der Waals surface area contributed by atoms with Crippen LogP contribution in [-0.2, 0) is 15.0 Å². The van der Waals surface area contributed by atoms with Crippen molar-refractivity contribution in [1.29, 1.82) is 0 Å². The summed E-state index contributed by atoms with van der Waals surface area (Å²) in [7, 11) is 0. The van der Waals surface area contributed by atoms with E-state index in [-0.39, 0.29) is 11.8 Å². The second-order valence-electron chi connectivity index (χ2n) is 7.50. The Balaban J connectivity index is 1.44. The molecule has 1 aliphatic heterocycles. The fourth-order valence-electron chi connectivity index (χ4n) is 4.25. The van der Waals surface area contributed by atoms with Crippen molar-refractivity contribution in [2.75, 3.05) is 13.1 Å². The number of thiophene rings is 1. The Morgan fingerprint density at radius 2 is 1.85 bits per heavy atom. The van der Waals surface area contributed by atoms with E-state index in [4.69, 9.17) is 0 Å². The van der Waals surface area contributed by atoms with Crippen LogP contribution >= 0.6 is 11.3 Å². The topological polar surface area (TPSA) is 57.6 Å². The van der Waals surface area contributed by atoms with Gasteiger partial charge in [-0.05, 0) is 48.8 Å². The highest BCUT2D eigenvalue weighted by atomic mass is 32.1. The molecule has 4 rings (SSSR count). The molecule has 2 fully saturated rings. The van der Waals surface area contributed by atoms with Gasteiger partial charge < -0.3 is 10.0 Å². The van der Waals surface area contributed by atoms with Gasteiger partial charge >= 0.3 is 5.97 Å². The van der Waals surface area contributed by atoms with Gasteiger partial charge in [0.25, 0.3) is 0 Å². The summed E-state index contributed by atoms with van der Waals surface area (Å²) >= 11 is 1.74. The molecule has 1 saturated heterocycles. The zero-order valence-corrected chi connectivity index (χ0v) is 15.7. The van der Waals surface area contributed by atoms with Crippen LogP contribution in [0.3, 0.4) is 0 Å². The average Bonchev–Trinajstić information content (AvgIpc) is 3.35. The maximum absolute atomic E-state index is 12.9. The highest BCUT2D eigenvalue weighted by molar-refractivity contribution is 7.10. The molecule has 4 nitrogen and oxygen atoms in total. The van der Waals surface area contributed by atoms with E-state index in [2.05, 4.69) is 18.4 Å². The molecule has 1 amide bonds. The molecule has 1 saturated carbocycles. The summed E-state index contributed by atoms with van der Waals surface area (Å²) in [5.41, 5.74) is 1.26. The van der Waals surface area contributed by atoms with E-state index in [1.165, 1.54) is 10.4 Å². The van der Waals surface area contributed by atoms with Gasteiger partial charge in [0.1, 0.15) is 0 Å². The molecule has 1 aromatic carbocycles. The number of piperidine rings is 1. The van der Waals surface area contributed by atoms with Crippen molar-refractivity contribution in [3.8, 4) is 0 Å². The molecule has 2 aromatic rings. The first-order valence-electron chi connectivity index (χ1n) is 9.14. The number of rotatable bonds is 4. The van der Waals surface area contributed by atoms with Crippen LogP contribution in [0.2, 0.25) is 0 Å². The first kappa shape index (κ1) is 17.3. The molecule has 2 atom stereocenters. The number of benzene rings is 1. The van der Waals surface area contributed by atoms with E-state index in [1.807, 2.05) is 35.2 Å². The maximum atomic E-state index is 12.9. The summed E-state index contributed by atoms with van der Waals surface area (Å²) in [6.45, 7) is 3.15. The molecular weight excluding hydrogens is 346 g/mol. The van der Waals surface area contributed by atoms with Gasteiger partial charge in [-0.15, -0.1) is 11.3 Å². The number of amides is 1. The number of carboxylic acid groups (broad SMARTS) is 1. The van der Waals surface area contributed by atoms with Crippen molar-refractivity contribution >= 4 is 23.2 Å². The van der Waals surface area contributed by atoms with Gasteiger partial charge in [0.2, 0.25) is 5.91 Å². The molecule has 0 spiro atoms. The minimum Gasteiger partial charge on any atom is -0.481 e. The number of hydrogen-bond acceptors (Lipinski definition) is 3. The van der Waals surface area contributed by atoms with Crippen LogP contribution in [0.5, 0.6) is 0 Å². The fourth-order valence-corrected chi connectivity index (χ4v) is 5.36. The highest BCUT2D eigenvalue weighted by Crippen LogP contribution is 2.51. The predicted octanol–water partition coefficient (Wildman–Crippen LogP) is 3.81. The molecule has 0 bridgehead atoms. The van der Waals surface area contributed by atoms with Crippen molar-refractivity contribution in [2.24, 2.45) is 5.92 Å². The van der Waals surface area contributed by atoms with Crippen LogP contribution in [0.15, 0.2) is 41.8 Å². The van der Waals surface area contributed by atoms with E-state index in [0.29, 0.717) is 31.8 Å². The molecule has 1 N–H and O–H groups in total. The predicted molar refractivity (Wildman–Crippen MR) is 101 cm³/mol. The van der Waals surface area contributed by atoms with Crippen LogP contribution < -0.4 is 0 Å². The van der Waals surface area contributed by atoms with Crippen LogP contribution in [-0.4, -0.2) is 35.0 Å². The second kappa shape index (κ2) is 6.54. The number of aliphatic carboxylic acids is 1. The average molecular weight is 369 g/mol. The van der Waals surface area contributed by atoms with Gasteiger partial charge in [-0.25, -0.2) is 0 Å². The monoisotopic (exact) mass is 369 g/mol. The second-order valence-corrected chi connectivity index (χ2v) is 8.44. The summed E-state index contributed by atoms with van der Waals surface area (Å²) in [4.78, 5) is 28.1. The Labute approximate surface area is 157 Å². The fraction of sp³-hybridized carbons (Fsp3) is 0.429. The zero-order chi connectivity index (χ0) is 18.3. The van der Waals surface area contributed by atoms with Crippen molar-refractivity contribution in [3.05, 3.63) is 57.8 Å². The van der Waals surface area contributed by atoms with Crippen molar-refractivity contribution in [1.82, 2.24) is 4.90 Å². The third-order valence-electron chi connectivity index (χ3n) is 6.01. The number of aryl methyl sites for hydroxylation is 1. The zero-order valence-electron chi connectivity index (χ0n) is 14.9. The Kier molecular flexibility index (Phi) is 4.35. The number of carbonyl (C=O) groups excluding carboxylic acids is 1. The first-order chi connectivity index (χ1) is 12.5. The molecular formula is C21H23NO3S. The van der Waals surface area contributed by atoms with Crippen LogP contribution in [0.4, 0.5) is 0 Å². The van der Waals surface area contributed by atoms with Gasteiger partial charge in [-0.3, -0.25) is 9.59 Å². The lowest BCUT2D eigenvalue weighted by Crippen LogP contribution is -2.49. The normalized spacial score (nSPS) is 24.3. The van der Waals surface area contributed by atoms with Crippen molar-refractivity contribution < 1.29 is 14.7 Å². The van der Waals surface area contributed by atoms with Crippen LogP contribution in [0.1, 0.15) is 41.2 Å². The minimum absolute atomic E-state index is 0.0846. The first-order valence-corrected chi connectivity index (χ1v) is 10.0. The molecule has 136 valence electrons. The molecule has 1 aliphatic carbocycles. The summed E-state index contributed by atoms with van der Waals surface area (Å²) in [6.07, 6.45) is 1.89. The minimum atomic E-state index is -0.870. The van der Waals surface area contributed by atoms with E-state index in [9.17, 15) is 14.7 Å². The lowest BCUT2D eigenvalue weighted by molar-refractivity contribution is -0.148. The molecule has 5 heteroatoms. The van der Waals surface area contributed by atoms with Gasteiger partial charge in [-0.1, -0.05) is 30.3 Å². The number of likely N-dealkylation sites (tertiary alicyclic amines) is 1. The maximum Gasteiger partial charge on any atom is 0.314 e. The number of nitrogens with zero attached hydrogens (tertiary/aromatic N) is 1. The van der Waals surface area contributed by atoms with Crippen molar-refractivity contribution in [3.63, 3.8) is 0 Å². The van der Waals surface area contributed by atoms with Gasteiger partial charge in [0.05, 0.1) is 5.41 Å². The Morgan fingerprint density at radius 1 is 1.15 bits per heavy atom. The van der Waals surface area contributed by atoms with Gasteiger partial charge in [-0.2, -0.15) is 0 Å². The standard InChI is InChI=1S/C21H23NO3S/c1-14-7-12-26-18(14)16-13-17(16)19(23)22-10-8-21(9-11-22,20(24)25)15-5-3-2-4-6-15/h2-7,12,16-17H,8-11,13H2,1H3,(H,24,25)/t16-,17-/m0/s1. The van der Waals surface area contributed by atoms with E-state index in [1.54, 1.807) is 11.3 Å². The third-order valence-corrected chi connectivity index (χ3v) is 7.16. The molecule has 1 aromatic heterocycles. The smallest absolute Gasteiger partial charge is 0.314 e. The van der Waals surface area contributed by atoms with Crippen LogP contribution in [0, 0.1) is 12.8 Å². The third kappa shape index (κ3) is 2.84. The summed E-state index contributed by atoms with van der Waals surface area (Å²) < 4.78 is 0. The largest absolute Gasteiger partial charge is 0.481 e. The lowest BCUT2D eigenvalue weighted by atomic mass is 9.73. The number of hydrogen-bond donors (Lipinski definition) is 1. The Bertz CT molecular complexity index is 821. The molecule has 2 heterocycles. The Hall–Kier alpha value is -2.14. The number of carboxylic acids is 1. The van der Waals surface area contributed by atoms with Crippen LogP contribution in [0.25, 0.3) is 0 Å². The molecule has 26 heavy (non-hydrogen) atoms. The summed E-state index contributed by atoms with van der Waals surface area (Å²) in [5.74, 6) is -0.131. The van der Waals surface area contributed by atoms with E-state index >= 15 is 0 Å². The molecule has 0 radical (unpaired) electrons. The summed E-state index contributed by atoms with van der Waals surface area (Å²) in [6, 6.07) is 11.6. The summed E-state index contributed by atoms with van der Waals surface area (Å²) in [5, 5.41) is 12.0. The SMILES string of the molecule is Cc1ccsc1[C@H]1C[C@@H]1C(=O)N1CCC(C(=O)O)(c2ccccc2)CC1. The quantitative estimate of drug-likeness (QED) is 0.892. The van der Waals surface area contributed by atoms with E-state index < -0.39 is 11.4 Å². The lowest BCUT2D eigenvalue weighted by Gasteiger charge is -2.39. The Morgan fingerprint density at radius 3 is 2.42 bits per heavy atom.